The molecule has 1 aliphatic rings. The number of ketones is 1. The van der Waals surface area contributed by atoms with Gasteiger partial charge in [-0.2, -0.15) is 0 Å². The van der Waals surface area contributed by atoms with Gasteiger partial charge in [-0.3, -0.25) is 24.0 Å². The molecule has 1 unspecified atom stereocenters. The molecule has 0 aromatic heterocycles. The van der Waals surface area contributed by atoms with Crippen LogP contribution in [0.2, 0.25) is 0 Å². The number of carbonyl (C=O) groups excluding carboxylic acids is 4. The summed E-state index contributed by atoms with van der Waals surface area (Å²) >= 11 is 0. The van der Waals surface area contributed by atoms with Crippen LogP contribution in [-0.2, 0) is 36.1 Å². The van der Waals surface area contributed by atoms with Gasteiger partial charge in [0, 0.05) is 23.8 Å². The molecule has 232 valence electrons. The van der Waals surface area contributed by atoms with Crippen molar-refractivity contribution in [3.63, 3.8) is 0 Å². The van der Waals surface area contributed by atoms with Gasteiger partial charge in [0.25, 0.3) is 0 Å². The van der Waals surface area contributed by atoms with Gasteiger partial charge in [0.2, 0.25) is 29.2 Å². The minimum Gasteiger partial charge on any atom is -0.480 e. The second-order valence-electron chi connectivity index (χ2n) is 10.1. The summed E-state index contributed by atoms with van der Waals surface area (Å²) in [5, 5.41) is 37.5. The van der Waals surface area contributed by atoms with Gasteiger partial charge in [-0.1, -0.05) is 78.9 Å². The van der Waals surface area contributed by atoms with Crippen molar-refractivity contribution in [1.82, 2.24) is 20.9 Å². The zero-order valence-corrected chi connectivity index (χ0v) is 23.8. The minimum absolute atomic E-state index is 0.0416. The molecule has 0 spiro atoms. The molecule has 1 heterocycles. The first-order valence-electron chi connectivity index (χ1n) is 13.7. The number of amides is 3. The molecule has 0 bridgehead atoms. The fourth-order valence-electron chi connectivity index (χ4n) is 4.84. The van der Waals surface area contributed by atoms with Crippen molar-refractivity contribution in [1.29, 1.82) is 0 Å². The largest absolute Gasteiger partial charge is 0.480 e. The number of nitrogens with one attached hydrogen (secondary N) is 3. The van der Waals surface area contributed by atoms with E-state index in [2.05, 4.69) is 16.0 Å². The monoisotopic (exact) mass is 614 g/mol. The van der Waals surface area contributed by atoms with Gasteiger partial charge in [0.1, 0.15) is 12.6 Å². The van der Waals surface area contributed by atoms with E-state index in [1.165, 1.54) is 30.5 Å². The van der Waals surface area contributed by atoms with Crippen molar-refractivity contribution in [2.75, 3.05) is 19.6 Å². The van der Waals surface area contributed by atoms with E-state index in [1.54, 1.807) is 60.7 Å². The average molecular weight is 615 g/mol. The van der Waals surface area contributed by atoms with Crippen LogP contribution in [0.15, 0.2) is 91.1 Å². The lowest BCUT2D eigenvalue weighted by Crippen LogP contribution is -2.53. The standard InChI is InChI=1S/C32H30N4O9/c37-26(35-25(30(42)34-17-28(39)40)15-20-9-3-1-4-10-20)16-33-27(38)19-36-18-23(21-11-5-2-6-12-21)29(41)32(36,45)24-14-8-7-13-22(24)31(43)44/h1-14,18,25,45H,15-17,19H2,(H,33,38)(H,34,42)(H,35,37)(H,39,40)(H,43,44)/t25-,32?/m0/s1. The van der Waals surface area contributed by atoms with Crippen LogP contribution in [0.1, 0.15) is 27.0 Å². The molecule has 3 aromatic carbocycles. The Morgan fingerprint density at radius 1 is 0.778 bits per heavy atom. The van der Waals surface area contributed by atoms with E-state index in [4.69, 9.17) is 5.11 Å². The number of aliphatic hydroxyl groups is 1. The number of carboxylic acid groups (broad SMARTS) is 2. The molecule has 4 rings (SSSR count). The van der Waals surface area contributed by atoms with Crippen molar-refractivity contribution < 1.29 is 44.1 Å². The number of benzene rings is 3. The Labute approximate surface area is 257 Å². The fourth-order valence-corrected chi connectivity index (χ4v) is 4.84. The number of Topliss-reactive ketones (excluding diaryl/α,β-unsaturated/α-hetero) is 1. The highest BCUT2D eigenvalue weighted by Gasteiger charge is 2.51. The molecule has 45 heavy (non-hydrogen) atoms. The third-order valence-electron chi connectivity index (χ3n) is 6.99. The normalized spacial score (nSPS) is 16.3. The average Bonchev–Trinajstić information content (AvgIpc) is 3.29. The van der Waals surface area contributed by atoms with Crippen molar-refractivity contribution >= 4 is 41.0 Å². The molecule has 3 aromatic rings. The van der Waals surface area contributed by atoms with E-state index in [-0.39, 0.29) is 23.1 Å². The molecule has 3 amide bonds. The number of carbonyl (C=O) groups is 6. The number of rotatable bonds is 13. The smallest absolute Gasteiger partial charge is 0.336 e. The lowest BCUT2D eigenvalue weighted by Gasteiger charge is -2.33. The predicted molar refractivity (Wildman–Crippen MR) is 159 cm³/mol. The molecular weight excluding hydrogens is 584 g/mol. The first kappa shape index (κ1) is 32.1. The summed E-state index contributed by atoms with van der Waals surface area (Å²) in [6, 6.07) is 21.3. The lowest BCUT2D eigenvalue weighted by molar-refractivity contribution is -0.150. The first-order chi connectivity index (χ1) is 21.5. The van der Waals surface area contributed by atoms with Crippen LogP contribution in [0.25, 0.3) is 5.57 Å². The minimum atomic E-state index is -2.55. The highest BCUT2D eigenvalue weighted by atomic mass is 16.4. The van der Waals surface area contributed by atoms with Gasteiger partial charge in [0.05, 0.1) is 18.7 Å². The molecule has 1 aliphatic heterocycles. The number of nitrogens with zero attached hydrogens (tertiary/aromatic N) is 1. The summed E-state index contributed by atoms with van der Waals surface area (Å²) in [5.74, 6) is -5.81. The van der Waals surface area contributed by atoms with E-state index < -0.39 is 66.8 Å². The van der Waals surface area contributed by atoms with Gasteiger partial charge >= 0.3 is 11.9 Å². The zero-order valence-electron chi connectivity index (χ0n) is 23.8. The highest BCUT2D eigenvalue weighted by Crippen LogP contribution is 2.40. The molecule has 0 saturated carbocycles. The Hall–Kier alpha value is -5.82. The Morgan fingerprint density at radius 2 is 1.40 bits per heavy atom. The molecule has 13 heteroatoms. The van der Waals surface area contributed by atoms with E-state index in [9.17, 15) is 39.0 Å². The third kappa shape index (κ3) is 7.58. The third-order valence-corrected chi connectivity index (χ3v) is 6.99. The van der Waals surface area contributed by atoms with Crippen LogP contribution in [0, 0.1) is 0 Å². The van der Waals surface area contributed by atoms with Crippen molar-refractivity contribution in [3.8, 4) is 0 Å². The van der Waals surface area contributed by atoms with E-state index >= 15 is 0 Å². The highest BCUT2D eigenvalue weighted by molar-refractivity contribution is 6.26. The summed E-state index contributed by atoms with van der Waals surface area (Å²) in [4.78, 5) is 76.0. The first-order valence-corrected chi connectivity index (χ1v) is 13.7. The SMILES string of the molecule is O=C(O)CNC(=O)[C@H](Cc1ccccc1)NC(=O)CNC(=O)CN1C=C(c2ccccc2)C(=O)C1(O)c1ccccc1C(=O)O. The Kier molecular flexibility index (Phi) is 10.1. The fraction of sp³-hybridized carbons (Fsp3) is 0.188. The predicted octanol–water partition coefficient (Wildman–Crippen LogP) is 0.500. The Morgan fingerprint density at radius 3 is 2.04 bits per heavy atom. The van der Waals surface area contributed by atoms with Crippen molar-refractivity contribution in [2.45, 2.75) is 18.2 Å². The molecule has 0 radical (unpaired) electrons. The van der Waals surface area contributed by atoms with Crippen LogP contribution in [-0.4, -0.2) is 81.3 Å². The quantitative estimate of drug-likeness (QED) is 0.157. The van der Waals surface area contributed by atoms with E-state index in [0.717, 1.165) is 4.90 Å². The molecule has 2 atom stereocenters. The van der Waals surface area contributed by atoms with Crippen LogP contribution in [0.3, 0.4) is 0 Å². The maximum absolute atomic E-state index is 13.7. The van der Waals surface area contributed by atoms with Gasteiger partial charge < -0.3 is 36.2 Å². The number of aliphatic carboxylic acids is 1. The zero-order chi connectivity index (χ0) is 32.6. The Bertz CT molecular complexity index is 1640. The van der Waals surface area contributed by atoms with E-state index in [0.29, 0.717) is 11.1 Å². The topological polar surface area (TPSA) is 202 Å². The van der Waals surface area contributed by atoms with Gasteiger partial charge in [-0.25, -0.2) is 4.79 Å². The van der Waals surface area contributed by atoms with E-state index in [1.807, 2.05) is 0 Å². The van der Waals surface area contributed by atoms with Crippen LogP contribution in [0.4, 0.5) is 0 Å². The second-order valence-corrected chi connectivity index (χ2v) is 10.1. The van der Waals surface area contributed by atoms with Crippen molar-refractivity contribution in [3.05, 3.63) is 113 Å². The maximum Gasteiger partial charge on any atom is 0.336 e. The van der Waals surface area contributed by atoms with Crippen LogP contribution < -0.4 is 16.0 Å². The summed E-state index contributed by atoms with van der Waals surface area (Å²) in [7, 11) is 0. The van der Waals surface area contributed by atoms with Gasteiger partial charge in [0.15, 0.2) is 0 Å². The maximum atomic E-state index is 13.7. The molecule has 13 nitrogen and oxygen atoms in total. The second kappa shape index (κ2) is 14.1. The van der Waals surface area contributed by atoms with Gasteiger partial charge in [-0.05, 0) is 17.2 Å². The molecule has 6 N–H and O–H groups in total. The number of aromatic carboxylic acids is 1. The van der Waals surface area contributed by atoms with Crippen LogP contribution >= 0.6 is 0 Å². The number of carboxylic acids is 2. The summed E-state index contributed by atoms with van der Waals surface area (Å²) in [6.45, 7) is -1.90. The molecule has 0 aliphatic carbocycles. The number of hydrogen-bond donors (Lipinski definition) is 6. The van der Waals surface area contributed by atoms with Gasteiger partial charge in [-0.15, -0.1) is 0 Å². The van der Waals surface area contributed by atoms with Crippen LogP contribution in [0.5, 0.6) is 0 Å². The summed E-state index contributed by atoms with van der Waals surface area (Å²) < 4.78 is 0. The number of hydrogen-bond acceptors (Lipinski definition) is 8. The summed E-state index contributed by atoms with van der Waals surface area (Å²) in [6.07, 6.45) is 1.31. The summed E-state index contributed by atoms with van der Waals surface area (Å²) in [5.41, 5.74) is -1.97. The molecule has 0 saturated heterocycles. The Balaban J connectivity index is 1.50. The lowest BCUT2D eigenvalue weighted by atomic mass is 9.90. The molecular formula is C32H30N4O9. The van der Waals surface area contributed by atoms with Crippen molar-refractivity contribution in [2.24, 2.45) is 0 Å². The molecule has 0 fully saturated rings.